The Balaban J connectivity index is 2.59. The van der Waals surface area contributed by atoms with E-state index in [9.17, 15) is 9.18 Å². The molecule has 5 nitrogen and oxygen atoms in total. The Morgan fingerprint density at radius 2 is 2.22 bits per heavy atom. The third-order valence-electron chi connectivity index (χ3n) is 2.24. The smallest absolute Gasteiger partial charge is 0.253 e. The fourth-order valence-electron chi connectivity index (χ4n) is 1.41. The predicted octanol–water partition coefficient (Wildman–Crippen LogP) is 1.27. The average molecular weight is 255 g/mol. The van der Waals surface area contributed by atoms with Crippen LogP contribution in [-0.2, 0) is 4.74 Å². The minimum atomic E-state index is -0.566. The van der Waals surface area contributed by atoms with Crippen molar-refractivity contribution < 1.29 is 13.9 Å². The number of nitrogens with one attached hydrogen (secondary N) is 2. The fraction of sp³-hybridized carbons (Fsp3) is 0.417. The number of para-hydroxylation sites is 1. The van der Waals surface area contributed by atoms with Crippen LogP contribution in [0.3, 0.4) is 0 Å². The van der Waals surface area contributed by atoms with E-state index < -0.39 is 11.7 Å². The number of hydrazine groups is 1. The van der Waals surface area contributed by atoms with Crippen molar-refractivity contribution in [3.05, 3.63) is 29.6 Å². The second kappa shape index (κ2) is 6.93. The van der Waals surface area contributed by atoms with Gasteiger partial charge >= 0.3 is 0 Å². The zero-order valence-corrected chi connectivity index (χ0v) is 10.5. The van der Waals surface area contributed by atoms with E-state index in [1.165, 1.54) is 18.2 Å². The van der Waals surface area contributed by atoms with E-state index in [0.29, 0.717) is 13.2 Å². The topological polar surface area (TPSA) is 76.4 Å². The molecule has 0 atom stereocenters. The number of rotatable bonds is 6. The standard InChI is InChI=1S/C12H18FN3O2/c1-8(2)18-7-6-15-12(17)9-4-3-5-10(13)11(9)16-14/h3-5,8,16H,6-7,14H2,1-2H3,(H,15,17). The van der Waals surface area contributed by atoms with Crippen LogP contribution in [0.15, 0.2) is 18.2 Å². The van der Waals surface area contributed by atoms with Gasteiger partial charge in [0.25, 0.3) is 5.91 Å². The molecule has 0 aromatic heterocycles. The Morgan fingerprint density at radius 1 is 1.50 bits per heavy atom. The van der Waals surface area contributed by atoms with Crippen molar-refractivity contribution >= 4 is 11.6 Å². The van der Waals surface area contributed by atoms with Gasteiger partial charge in [-0.15, -0.1) is 0 Å². The summed E-state index contributed by atoms with van der Waals surface area (Å²) in [5, 5.41) is 2.63. The number of benzene rings is 1. The summed E-state index contributed by atoms with van der Waals surface area (Å²) >= 11 is 0. The number of hydrogen-bond acceptors (Lipinski definition) is 4. The summed E-state index contributed by atoms with van der Waals surface area (Å²) in [5.41, 5.74) is 2.34. The molecule has 4 N–H and O–H groups in total. The molecule has 0 radical (unpaired) electrons. The van der Waals surface area contributed by atoms with Crippen LogP contribution in [0.2, 0.25) is 0 Å². The van der Waals surface area contributed by atoms with E-state index in [4.69, 9.17) is 10.6 Å². The highest BCUT2D eigenvalue weighted by Crippen LogP contribution is 2.18. The first-order valence-corrected chi connectivity index (χ1v) is 5.71. The summed E-state index contributed by atoms with van der Waals surface area (Å²) in [7, 11) is 0. The van der Waals surface area contributed by atoms with Gasteiger partial charge < -0.3 is 15.5 Å². The summed E-state index contributed by atoms with van der Waals surface area (Å²) in [5.74, 6) is 4.23. The number of ether oxygens (including phenoxy) is 1. The summed E-state index contributed by atoms with van der Waals surface area (Å²) in [6, 6.07) is 4.18. The van der Waals surface area contributed by atoms with Gasteiger partial charge in [-0.25, -0.2) is 4.39 Å². The lowest BCUT2D eigenvalue weighted by atomic mass is 10.1. The van der Waals surface area contributed by atoms with Gasteiger partial charge in [0.1, 0.15) is 5.82 Å². The lowest BCUT2D eigenvalue weighted by Gasteiger charge is -2.11. The van der Waals surface area contributed by atoms with Crippen molar-refractivity contribution in [2.24, 2.45) is 5.84 Å². The van der Waals surface area contributed by atoms with Gasteiger partial charge in [0.2, 0.25) is 0 Å². The summed E-state index contributed by atoms with van der Waals surface area (Å²) < 4.78 is 18.6. The fourth-order valence-corrected chi connectivity index (χ4v) is 1.41. The van der Waals surface area contributed by atoms with E-state index in [1.807, 2.05) is 13.8 Å². The van der Waals surface area contributed by atoms with Crippen LogP contribution >= 0.6 is 0 Å². The second-order valence-corrected chi connectivity index (χ2v) is 3.98. The maximum Gasteiger partial charge on any atom is 0.253 e. The maximum atomic E-state index is 13.4. The molecular formula is C12H18FN3O2. The zero-order chi connectivity index (χ0) is 13.5. The highest BCUT2D eigenvalue weighted by atomic mass is 19.1. The Kier molecular flexibility index (Phi) is 5.54. The number of carbonyl (C=O) groups excluding carboxylic acids is 1. The molecule has 0 saturated carbocycles. The molecule has 0 heterocycles. The molecule has 0 saturated heterocycles. The highest BCUT2D eigenvalue weighted by Gasteiger charge is 2.13. The number of amides is 1. The zero-order valence-electron chi connectivity index (χ0n) is 10.5. The minimum Gasteiger partial charge on any atom is -0.377 e. The SMILES string of the molecule is CC(C)OCCNC(=O)c1cccc(F)c1NN. The van der Waals surface area contributed by atoms with Crippen LogP contribution in [0.1, 0.15) is 24.2 Å². The molecule has 0 bridgehead atoms. The van der Waals surface area contributed by atoms with Crippen LogP contribution < -0.4 is 16.6 Å². The minimum absolute atomic E-state index is 0.0141. The van der Waals surface area contributed by atoms with Crippen LogP contribution in [0.5, 0.6) is 0 Å². The number of carbonyl (C=O) groups is 1. The third kappa shape index (κ3) is 3.97. The maximum absolute atomic E-state index is 13.4. The molecule has 1 aromatic carbocycles. The van der Waals surface area contributed by atoms with Crippen molar-refractivity contribution in [2.45, 2.75) is 20.0 Å². The van der Waals surface area contributed by atoms with E-state index in [0.717, 1.165) is 0 Å². The van der Waals surface area contributed by atoms with Crippen molar-refractivity contribution in [3.63, 3.8) is 0 Å². The van der Waals surface area contributed by atoms with Crippen molar-refractivity contribution in [1.29, 1.82) is 0 Å². The highest BCUT2D eigenvalue weighted by molar-refractivity contribution is 5.99. The van der Waals surface area contributed by atoms with Crippen LogP contribution in [0, 0.1) is 5.82 Å². The Hall–Kier alpha value is -1.66. The van der Waals surface area contributed by atoms with E-state index >= 15 is 0 Å². The first-order valence-electron chi connectivity index (χ1n) is 5.71. The number of halogens is 1. The first kappa shape index (κ1) is 14.4. The molecule has 0 aliphatic rings. The van der Waals surface area contributed by atoms with Crippen molar-refractivity contribution in [1.82, 2.24) is 5.32 Å². The van der Waals surface area contributed by atoms with Crippen molar-refractivity contribution in [2.75, 3.05) is 18.6 Å². The molecule has 0 aliphatic carbocycles. The van der Waals surface area contributed by atoms with Crippen LogP contribution in [0.25, 0.3) is 0 Å². The van der Waals surface area contributed by atoms with E-state index in [-0.39, 0.29) is 17.4 Å². The second-order valence-electron chi connectivity index (χ2n) is 3.98. The Bertz CT molecular complexity index is 410. The molecule has 0 spiro atoms. The Labute approximate surface area is 105 Å². The van der Waals surface area contributed by atoms with Gasteiger partial charge in [-0.2, -0.15) is 0 Å². The number of hydrogen-bond donors (Lipinski definition) is 3. The number of nitrogen functional groups attached to an aromatic ring is 1. The largest absolute Gasteiger partial charge is 0.377 e. The van der Waals surface area contributed by atoms with Crippen LogP contribution in [0.4, 0.5) is 10.1 Å². The van der Waals surface area contributed by atoms with Gasteiger partial charge in [0.05, 0.1) is 24.0 Å². The molecule has 1 rings (SSSR count). The normalized spacial score (nSPS) is 10.5. The first-order chi connectivity index (χ1) is 8.56. The van der Waals surface area contributed by atoms with Crippen LogP contribution in [-0.4, -0.2) is 25.2 Å². The molecule has 0 aliphatic heterocycles. The lowest BCUT2D eigenvalue weighted by molar-refractivity contribution is 0.0747. The predicted molar refractivity (Wildman–Crippen MR) is 67.6 cm³/mol. The number of nitrogens with two attached hydrogens (primary N) is 1. The molecule has 100 valence electrons. The van der Waals surface area contributed by atoms with E-state index in [2.05, 4.69) is 10.7 Å². The molecule has 0 fully saturated rings. The summed E-state index contributed by atoms with van der Waals surface area (Å²) in [4.78, 5) is 11.8. The summed E-state index contributed by atoms with van der Waals surface area (Å²) in [6.45, 7) is 4.58. The average Bonchev–Trinajstić information content (AvgIpc) is 2.33. The van der Waals surface area contributed by atoms with Gasteiger partial charge in [-0.1, -0.05) is 6.07 Å². The molecule has 0 unspecified atom stereocenters. The monoisotopic (exact) mass is 255 g/mol. The quantitative estimate of drug-likeness (QED) is 0.406. The summed E-state index contributed by atoms with van der Waals surface area (Å²) in [6.07, 6.45) is 0.109. The van der Waals surface area contributed by atoms with Gasteiger partial charge in [0.15, 0.2) is 0 Å². The van der Waals surface area contributed by atoms with Gasteiger partial charge in [-0.05, 0) is 26.0 Å². The van der Waals surface area contributed by atoms with Gasteiger partial charge in [-0.3, -0.25) is 10.6 Å². The van der Waals surface area contributed by atoms with E-state index in [1.54, 1.807) is 0 Å². The molecule has 1 aromatic rings. The molecule has 18 heavy (non-hydrogen) atoms. The Morgan fingerprint density at radius 3 is 2.83 bits per heavy atom. The third-order valence-corrected chi connectivity index (χ3v) is 2.24. The lowest BCUT2D eigenvalue weighted by Crippen LogP contribution is -2.29. The van der Waals surface area contributed by atoms with Gasteiger partial charge in [0, 0.05) is 6.54 Å². The molecular weight excluding hydrogens is 237 g/mol. The molecule has 6 heteroatoms. The molecule has 1 amide bonds. The number of anilines is 1. The van der Waals surface area contributed by atoms with Crippen molar-refractivity contribution in [3.8, 4) is 0 Å².